The van der Waals surface area contributed by atoms with Crippen LogP contribution in [0, 0.1) is 0 Å². The Bertz CT molecular complexity index is 521. The summed E-state index contributed by atoms with van der Waals surface area (Å²) in [4.78, 5) is 30.8. The Hall–Kier alpha value is -1.82. The number of carbonyl (C=O) groups excluding carboxylic acids is 2. The lowest BCUT2D eigenvalue weighted by molar-refractivity contribution is -0.143. The van der Waals surface area contributed by atoms with Crippen molar-refractivity contribution in [2.24, 2.45) is 0 Å². The van der Waals surface area contributed by atoms with E-state index in [-0.39, 0.29) is 17.9 Å². The van der Waals surface area contributed by atoms with Gasteiger partial charge in [0.05, 0.1) is 12.8 Å². The maximum atomic E-state index is 12.8. The zero-order valence-corrected chi connectivity index (χ0v) is 13.0. The van der Waals surface area contributed by atoms with E-state index in [1.165, 1.54) is 0 Å². The number of amides is 2. The molecule has 1 aromatic heterocycles. The molecular weight excluding hydrogens is 282 g/mol. The molecule has 3 heterocycles. The first-order valence-corrected chi connectivity index (χ1v) is 8.02. The van der Waals surface area contributed by atoms with Crippen LogP contribution in [0.4, 0.5) is 0 Å². The van der Waals surface area contributed by atoms with Gasteiger partial charge in [-0.05, 0) is 25.1 Å². The van der Waals surface area contributed by atoms with Gasteiger partial charge in [0.1, 0.15) is 11.8 Å². The summed E-state index contributed by atoms with van der Waals surface area (Å²) >= 11 is 0. The van der Waals surface area contributed by atoms with Gasteiger partial charge in [-0.3, -0.25) is 9.59 Å². The van der Waals surface area contributed by atoms with E-state index in [4.69, 9.17) is 4.42 Å². The SMILES string of the molecule is CCN1CCN(C(=O)C2CCC(=O)N2Cc2ccco2)CC1. The van der Waals surface area contributed by atoms with Gasteiger partial charge in [-0.1, -0.05) is 6.92 Å². The third-order valence-electron chi connectivity index (χ3n) is 4.65. The van der Waals surface area contributed by atoms with E-state index in [0.29, 0.717) is 19.4 Å². The molecule has 6 nitrogen and oxygen atoms in total. The van der Waals surface area contributed by atoms with E-state index >= 15 is 0 Å². The first-order valence-electron chi connectivity index (χ1n) is 8.02. The van der Waals surface area contributed by atoms with Crippen molar-refractivity contribution in [2.75, 3.05) is 32.7 Å². The minimum absolute atomic E-state index is 0.0435. The van der Waals surface area contributed by atoms with Gasteiger partial charge in [-0.15, -0.1) is 0 Å². The van der Waals surface area contributed by atoms with Crippen LogP contribution in [0.15, 0.2) is 22.8 Å². The van der Waals surface area contributed by atoms with E-state index in [0.717, 1.165) is 38.5 Å². The minimum Gasteiger partial charge on any atom is -0.467 e. The Morgan fingerprint density at radius 1 is 1.32 bits per heavy atom. The molecule has 0 spiro atoms. The average molecular weight is 305 g/mol. The van der Waals surface area contributed by atoms with E-state index in [1.54, 1.807) is 17.2 Å². The number of likely N-dealkylation sites (tertiary alicyclic amines) is 1. The molecule has 2 fully saturated rings. The fourth-order valence-electron chi connectivity index (χ4n) is 3.25. The summed E-state index contributed by atoms with van der Waals surface area (Å²) in [5.74, 6) is 0.860. The summed E-state index contributed by atoms with van der Waals surface area (Å²) in [5.41, 5.74) is 0. The number of carbonyl (C=O) groups is 2. The molecule has 3 rings (SSSR count). The van der Waals surface area contributed by atoms with Crippen LogP contribution < -0.4 is 0 Å². The Morgan fingerprint density at radius 2 is 2.09 bits per heavy atom. The lowest BCUT2D eigenvalue weighted by Gasteiger charge is -2.36. The third kappa shape index (κ3) is 3.02. The smallest absolute Gasteiger partial charge is 0.245 e. The van der Waals surface area contributed by atoms with Crippen LogP contribution in [0.3, 0.4) is 0 Å². The van der Waals surface area contributed by atoms with Crippen LogP contribution in [0.1, 0.15) is 25.5 Å². The van der Waals surface area contributed by atoms with E-state index < -0.39 is 0 Å². The van der Waals surface area contributed by atoms with Gasteiger partial charge in [0.15, 0.2) is 0 Å². The van der Waals surface area contributed by atoms with E-state index in [2.05, 4.69) is 11.8 Å². The lowest BCUT2D eigenvalue weighted by atomic mass is 10.1. The van der Waals surface area contributed by atoms with Crippen molar-refractivity contribution >= 4 is 11.8 Å². The van der Waals surface area contributed by atoms with Crippen molar-refractivity contribution in [1.82, 2.24) is 14.7 Å². The number of likely N-dealkylation sites (N-methyl/N-ethyl adjacent to an activating group) is 1. The largest absolute Gasteiger partial charge is 0.467 e. The molecule has 2 aliphatic heterocycles. The molecule has 22 heavy (non-hydrogen) atoms. The topological polar surface area (TPSA) is 57.0 Å². The lowest BCUT2D eigenvalue weighted by Crippen LogP contribution is -2.53. The van der Waals surface area contributed by atoms with Gasteiger partial charge in [0.25, 0.3) is 0 Å². The molecule has 0 aromatic carbocycles. The number of rotatable bonds is 4. The second-order valence-electron chi connectivity index (χ2n) is 5.92. The molecule has 1 unspecified atom stereocenters. The minimum atomic E-state index is -0.328. The zero-order valence-electron chi connectivity index (χ0n) is 13.0. The highest BCUT2D eigenvalue weighted by Gasteiger charge is 2.39. The van der Waals surface area contributed by atoms with Crippen LogP contribution in [-0.4, -0.2) is 65.3 Å². The molecule has 0 radical (unpaired) electrons. The second kappa shape index (κ2) is 6.52. The van der Waals surface area contributed by atoms with Crippen molar-refractivity contribution in [3.63, 3.8) is 0 Å². The molecule has 0 aliphatic carbocycles. The predicted octanol–water partition coefficient (Wildman–Crippen LogP) is 0.935. The van der Waals surface area contributed by atoms with Gasteiger partial charge in [0.2, 0.25) is 11.8 Å². The van der Waals surface area contributed by atoms with Crippen LogP contribution in [0.2, 0.25) is 0 Å². The molecule has 2 aliphatic rings. The number of hydrogen-bond acceptors (Lipinski definition) is 4. The van der Waals surface area contributed by atoms with Crippen molar-refractivity contribution < 1.29 is 14.0 Å². The maximum absolute atomic E-state index is 12.8. The van der Waals surface area contributed by atoms with Crippen molar-refractivity contribution in [1.29, 1.82) is 0 Å². The van der Waals surface area contributed by atoms with E-state index in [1.807, 2.05) is 11.0 Å². The first kappa shape index (κ1) is 15.1. The molecule has 1 aromatic rings. The van der Waals surface area contributed by atoms with Gasteiger partial charge in [0, 0.05) is 32.6 Å². The molecular formula is C16H23N3O3. The van der Waals surface area contributed by atoms with E-state index in [9.17, 15) is 9.59 Å². The highest BCUT2D eigenvalue weighted by Crippen LogP contribution is 2.24. The first-order chi connectivity index (χ1) is 10.7. The number of furan rings is 1. The van der Waals surface area contributed by atoms with Crippen molar-refractivity contribution in [3.05, 3.63) is 24.2 Å². The Kier molecular flexibility index (Phi) is 4.47. The molecule has 2 saturated heterocycles. The van der Waals surface area contributed by atoms with Crippen LogP contribution in [0.5, 0.6) is 0 Å². The molecule has 120 valence electrons. The van der Waals surface area contributed by atoms with Crippen LogP contribution in [-0.2, 0) is 16.1 Å². The molecule has 1 atom stereocenters. The molecule has 0 bridgehead atoms. The van der Waals surface area contributed by atoms with Gasteiger partial charge in [-0.25, -0.2) is 0 Å². The molecule has 2 amide bonds. The Balaban J connectivity index is 1.64. The Morgan fingerprint density at radius 3 is 2.73 bits per heavy atom. The fourth-order valence-corrected chi connectivity index (χ4v) is 3.25. The molecule has 0 N–H and O–H groups in total. The monoisotopic (exact) mass is 305 g/mol. The second-order valence-corrected chi connectivity index (χ2v) is 5.92. The van der Waals surface area contributed by atoms with Gasteiger partial charge >= 0.3 is 0 Å². The zero-order chi connectivity index (χ0) is 15.5. The van der Waals surface area contributed by atoms with Gasteiger partial charge in [-0.2, -0.15) is 0 Å². The number of piperazine rings is 1. The predicted molar refractivity (Wildman–Crippen MR) is 81.0 cm³/mol. The summed E-state index contributed by atoms with van der Waals surface area (Å²) in [5, 5.41) is 0. The fraction of sp³-hybridized carbons (Fsp3) is 0.625. The highest BCUT2D eigenvalue weighted by molar-refractivity contribution is 5.91. The average Bonchev–Trinajstić information content (AvgIpc) is 3.18. The van der Waals surface area contributed by atoms with Gasteiger partial charge < -0.3 is 19.1 Å². The van der Waals surface area contributed by atoms with Crippen molar-refractivity contribution in [3.8, 4) is 0 Å². The summed E-state index contributed by atoms with van der Waals surface area (Å²) in [6, 6.07) is 3.31. The van der Waals surface area contributed by atoms with Crippen LogP contribution in [0.25, 0.3) is 0 Å². The van der Waals surface area contributed by atoms with Crippen LogP contribution >= 0.6 is 0 Å². The summed E-state index contributed by atoms with van der Waals surface area (Å²) in [6.45, 7) is 6.89. The summed E-state index contributed by atoms with van der Waals surface area (Å²) in [7, 11) is 0. The van der Waals surface area contributed by atoms with Crippen molar-refractivity contribution in [2.45, 2.75) is 32.4 Å². The highest BCUT2D eigenvalue weighted by atomic mass is 16.3. The normalized spacial score (nSPS) is 23.3. The Labute approximate surface area is 130 Å². The summed E-state index contributed by atoms with van der Waals surface area (Å²) in [6.07, 6.45) is 2.66. The molecule has 0 saturated carbocycles. The number of hydrogen-bond donors (Lipinski definition) is 0. The quantitative estimate of drug-likeness (QED) is 0.830. The third-order valence-corrected chi connectivity index (χ3v) is 4.65. The summed E-state index contributed by atoms with van der Waals surface area (Å²) < 4.78 is 5.32. The standard InChI is InChI=1S/C16H23N3O3/c1-2-17-7-9-18(10-8-17)16(21)14-5-6-15(20)19(14)12-13-4-3-11-22-13/h3-4,11,14H,2,5-10,12H2,1H3. The maximum Gasteiger partial charge on any atom is 0.245 e. The number of nitrogens with zero attached hydrogens (tertiary/aromatic N) is 3. The molecule has 6 heteroatoms.